The molecule has 0 saturated carbocycles. The molecule has 10 aromatic rings. The van der Waals surface area contributed by atoms with Crippen LogP contribution in [0.4, 0.5) is 17.1 Å². The van der Waals surface area contributed by atoms with Gasteiger partial charge in [0.2, 0.25) is 0 Å². The molecule has 0 aliphatic heterocycles. The van der Waals surface area contributed by atoms with Crippen LogP contribution in [0.2, 0.25) is 0 Å². The summed E-state index contributed by atoms with van der Waals surface area (Å²) in [5.41, 5.74) is 9.85. The highest BCUT2D eigenvalue weighted by Crippen LogP contribution is 2.45. The second-order valence-corrected chi connectivity index (χ2v) is 13.6. The third kappa shape index (κ3) is 4.62. The molecule has 0 N–H and O–H groups in total. The number of anilines is 3. The van der Waals surface area contributed by atoms with E-state index in [1.165, 1.54) is 53.2 Å². The topological polar surface area (TPSA) is 16.4 Å². The normalized spacial score (nSPS) is 11.7. The van der Waals surface area contributed by atoms with Crippen molar-refractivity contribution < 1.29 is 4.42 Å². The molecular formula is C46H29NOS. The van der Waals surface area contributed by atoms with Crippen molar-refractivity contribution in [3.63, 3.8) is 0 Å². The number of rotatable bonds is 5. The Morgan fingerprint density at radius 3 is 2.06 bits per heavy atom. The standard InChI is InChI=1S/C46H29NOS/c1-2-12-31-27-33(24-23-30(31)11-1)36-15-3-6-19-41(36)47(35-25-26-43-40(29-35)38-16-4-7-20-42(38)48-43)34-14-9-13-32(28-34)37-18-10-22-45-46(37)39-17-5-8-21-44(39)49-45/h1-29H. The fourth-order valence-electron chi connectivity index (χ4n) is 7.38. The van der Waals surface area contributed by atoms with Gasteiger partial charge in [0.05, 0.1) is 5.69 Å². The van der Waals surface area contributed by atoms with Crippen molar-refractivity contribution >= 4 is 81.3 Å². The molecule has 8 aromatic carbocycles. The van der Waals surface area contributed by atoms with Crippen molar-refractivity contribution in [1.29, 1.82) is 0 Å². The molecule has 2 aromatic heterocycles. The Morgan fingerprint density at radius 2 is 1.10 bits per heavy atom. The zero-order chi connectivity index (χ0) is 32.3. The summed E-state index contributed by atoms with van der Waals surface area (Å²) in [6, 6.07) is 63.4. The highest BCUT2D eigenvalue weighted by molar-refractivity contribution is 7.25. The average Bonchev–Trinajstić information content (AvgIpc) is 3.73. The van der Waals surface area contributed by atoms with Gasteiger partial charge in [0, 0.05) is 47.9 Å². The van der Waals surface area contributed by atoms with Crippen LogP contribution in [-0.4, -0.2) is 0 Å². The summed E-state index contributed by atoms with van der Waals surface area (Å²) < 4.78 is 8.88. The molecule has 0 spiro atoms. The monoisotopic (exact) mass is 643 g/mol. The largest absolute Gasteiger partial charge is 0.456 e. The molecule has 0 aliphatic rings. The second-order valence-electron chi connectivity index (χ2n) is 12.5. The van der Waals surface area contributed by atoms with Crippen molar-refractivity contribution in [2.75, 3.05) is 4.90 Å². The maximum atomic E-state index is 6.26. The van der Waals surface area contributed by atoms with Crippen LogP contribution >= 0.6 is 11.3 Å². The molecule has 0 radical (unpaired) electrons. The van der Waals surface area contributed by atoms with Gasteiger partial charge < -0.3 is 9.32 Å². The summed E-state index contributed by atoms with van der Waals surface area (Å²) in [5.74, 6) is 0. The van der Waals surface area contributed by atoms with E-state index in [2.05, 4.69) is 169 Å². The van der Waals surface area contributed by atoms with E-state index < -0.39 is 0 Å². The lowest BCUT2D eigenvalue weighted by Gasteiger charge is -2.28. The fourth-order valence-corrected chi connectivity index (χ4v) is 8.51. The number of thiophene rings is 1. The van der Waals surface area contributed by atoms with Gasteiger partial charge in [-0.3, -0.25) is 0 Å². The van der Waals surface area contributed by atoms with Gasteiger partial charge in [-0.1, -0.05) is 115 Å². The minimum Gasteiger partial charge on any atom is -0.456 e. The molecule has 3 heteroatoms. The number of para-hydroxylation sites is 2. The maximum Gasteiger partial charge on any atom is 0.135 e. The predicted octanol–water partition coefficient (Wildman–Crippen LogP) is 13.9. The molecular weight excluding hydrogens is 615 g/mol. The Balaban J connectivity index is 1.21. The number of nitrogens with zero attached hydrogens (tertiary/aromatic N) is 1. The molecule has 230 valence electrons. The van der Waals surface area contributed by atoms with Gasteiger partial charge in [0.25, 0.3) is 0 Å². The van der Waals surface area contributed by atoms with E-state index in [1.54, 1.807) is 0 Å². The van der Waals surface area contributed by atoms with Gasteiger partial charge >= 0.3 is 0 Å². The highest BCUT2D eigenvalue weighted by atomic mass is 32.1. The minimum absolute atomic E-state index is 0.887. The maximum absolute atomic E-state index is 6.26. The smallest absolute Gasteiger partial charge is 0.135 e. The van der Waals surface area contributed by atoms with E-state index in [4.69, 9.17) is 4.42 Å². The first-order valence-corrected chi connectivity index (χ1v) is 17.4. The van der Waals surface area contributed by atoms with Crippen LogP contribution in [0.25, 0.3) is 75.1 Å². The van der Waals surface area contributed by atoms with E-state index in [0.29, 0.717) is 0 Å². The van der Waals surface area contributed by atoms with Crippen molar-refractivity contribution in [1.82, 2.24) is 0 Å². The Bertz CT molecular complexity index is 2860. The van der Waals surface area contributed by atoms with Crippen molar-refractivity contribution in [2.45, 2.75) is 0 Å². The number of benzene rings is 8. The number of fused-ring (bicyclic) bond motifs is 7. The Kier molecular flexibility index (Phi) is 6.39. The van der Waals surface area contributed by atoms with Gasteiger partial charge in [-0.25, -0.2) is 0 Å². The van der Waals surface area contributed by atoms with Crippen molar-refractivity contribution in [3.05, 3.63) is 176 Å². The Morgan fingerprint density at radius 1 is 0.408 bits per heavy atom. The van der Waals surface area contributed by atoms with Crippen LogP contribution in [-0.2, 0) is 0 Å². The van der Waals surface area contributed by atoms with Crippen LogP contribution < -0.4 is 4.90 Å². The molecule has 49 heavy (non-hydrogen) atoms. The van der Waals surface area contributed by atoms with Gasteiger partial charge in [-0.05, 0) is 88.1 Å². The average molecular weight is 644 g/mol. The molecule has 0 atom stereocenters. The SMILES string of the molecule is c1cc(-c2cccc3sc4ccccc4c23)cc(N(c2ccc3oc4ccccc4c3c2)c2ccccc2-c2ccc3ccccc3c2)c1. The van der Waals surface area contributed by atoms with Crippen LogP contribution in [0.5, 0.6) is 0 Å². The Hall–Kier alpha value is -6.16. The first-order valence-electron chi connectivity index (χ1n) is 16.6. The van der Waals surface area contributed by atoms with E-state index in [9.17, 15) is 0 Å². The minimum atomic E-state index is 0.887. The third-order valence-corrected chi connectivity index (χ3v) is 10.8. The second kappa shape index (κ2) is 11.2. The van der Waals surface area contributed by atoms with Crippen molar-refractivity contribution in [2.24, 2.45) is 0 Å². The van der Waals surface area contributed by atoms with Crippen LogP contribution in [0.15, 0.2) is 180 Å². The molecule has 0 fully saturated rings. The summed E-state index contributed by atoms with van der Waals surface area (Å²) in [6.07, 6.45) is 0. The molecule has 2 nitrogen and oxygen atoms in total. The molecule has 10 rings (SSSR count). The van der Waals surface area contributed by atoms with E-state index in [-0.39, 0.29) is 0 Å². The summed E-state index contributed by atoms with van der Waals surface area (Å²) in [4.78, 5) is 2.40. The predicted molar refractivity (Wildman–Crippen MR) is 210 cm³/mol. The van der Waals surface area contributed by atoms with E-state index in [0.717, 1.165) is 39.0 Å². The summed E-state index contributed by atoms with van der Waals surface area (Å²) in [5, 5.41) is 7.30. The van der Waals surface area contributed by atoms with Crippen LogP contribution in [0.3, 0.4) is 0 Å². The van der Waals surface area contributed by atoms with Crippen molar-refractivity contribution in [3.8, 4) is 22.3 Å². The summed E-state index contributed by atoms with van der Waals surface area (Å²) >= 11 is 1.86. The summed E-state index contributed by atoms with van der Waals surface area (Å²) in [6.45, 7) is 0. The van der Waals surface area contributed by atoms with Crippen LogP contribution in [0, 0.1) is 0 Å². The number of hydrogen-bond donors (Lipinski definition) is 0. The van der Waals surface area contributed by atoms with Gasteiger partial charge in [0.15, 0.2) is 0 Å². The Labute approximate surface area is 287 Å². The zero-order valence-electron chi connectivity index (χ0n) is 26.5. The van der Waals surface area contributed by atoms with Gasteiger partial charge in [-0.15, -0.1) is 11.3 Å². The first-order chi connectivity index (χ1) is 24.3. The molecule has 0 aliphatic carbocycles. The van der Waals surface area contributed by atoms with Gasteiger partial charge in [-0.2, -0.15) is 0 Å². The quantitative estimate of drug-likeness (QED) is 0.186. The summed E-state index contributed by atoms with van der Waals surface area (Å²) in [7, 11) is 0. The van der Waals surface area contributed by atoms with Crippen LogP contribution in [0.1, 0.15) is 0 Å². The van der Waals surface area contributed by atoms with E-state index >= 15 is 0 Å². The van der Waals surface area contributed by atoms with E-state index in [1.807, 2.05) is 23.5 Å². The molecule has 0 amide bonds. The fraction of sp³-hybridized carbons (Fsp3) is 0. The lowest BCUT2D eigenvalue weighted by atomic mass is 9.97. The van der Waals surface area contributed by atoms with Gasteiger partial charge in [0.1, 0.15) is 11.2 Å². The first kappa shape index (κ1) is 27.9. The molecule has 2 heterocycles. The zero-order valence-corrected chi connectivity index (χ0v) is 27.3. The molecule has 0 unspecified atom stereocenters. The highest BCUT2D eigenvalue weighted by Gasteiger charge is 2.20. The third-order valence-electron chi connectivity index (χ3n) is 9.64. The number of hydrogen-bond acceptors (Lipinski definition) is 3. The lowest BCUT2D eigenvalue weighted by Crippen LogP contribution is -2.11. The lowest BCUT2D eigenvalue weighted by molar-refractivity contribution is 0.669. The molecule has 0 bridgehead atoms. The number of furan rings is 1. The molecule has 0 saturated heterocycles.